The van der Waals surface area contributed by atoms with Crippen LogP contribution in [0.2, 0.25) is 0 Å². The van der Waals surface area contributed by atoms with Crippen LogP contribution in [0.1, 0.15) is 90.4 Å². The van der Waals surface area contributed by atoms with Gasteiger partial charge < -0.3 is 4.74 Å². The first-order valence-electron chi connectivity index (χ1n) is 8.63. The van der Waals surface area contributed by atoms with E-state index in [4.69, 9.17) is 4.74 Å². The Kier molecular flexibility index (Phi) is 10.3. The number of allylic oxidation sites excluding steroid dienone is 2. The van der Waals surface area contributed by atoms with Crippen molar-refractivity contribution in [3.63, 3.8) is 0 Å². The van der Waals surface area contributed by atoms with Crippen molar-refractivity contribution in [3.05, 3.63) is 12.2 Å². The Morgan fingerprint density at radius 1 is 0.850 bits per heavy atom. The molecule has 1 aliphatic rings. The molecule has 20 heavy (non-hydrogen) atoms. The van der Waals surface area contributed by atoms with Gasteiger partial charge in [-0.25, -0.2) is 0 Å². The van der Waals surface area contributed by atoms with E-state index in [1.165, 1.54) is 51.4 Å². The third-order valence-corrected chi connectivity index (χ3v) is 3.98. The Hall–Kier alpha value is -0.790. The molecule has 1 rings (SSSR count). The van der Waals surface area contributed by atoms with Gasteiger partial charge in [-0.05, 0) is 45.4 Å². The molecular formula is C18H32O2. The number of hydrogen-bond donors (Lipinski definition) is 0. The fourth-order valence-electron chi connectivity index (χ4n) is 2.69. The zero-order chi connectivity index (χ0) is 14.5. The maximum absolute atomic E-state index is 11.7. The lowest BCUT2D eigenvalue weighted by Crippen LogP contribution is -2.14. The van der Waals surface area contributed by atoms with E-state index in [0.29, 0.717) is 6.42 Å². The second-order valence-electron chi connectivity index (χ2n) is 6.07. The van der Waals surface area contributed by atoms with Gasteiger partial charge in [0.2, 0.25) is 0 Å². The predicted octanol–water partition coefficient (Wildman–Crippen LogP) is 5.56. The third kappa shape index (κ3) is 10.1. The summed E-state index contributed by atoms with van der Waals surface area (Å²) in [4.78, 5) is 11.7. The minimum absolute atomic E-state index is 0.00541. The molecular weight excluding hydrogens is 248 g/mol. The summed E-state index contributed by atoms with van der Waals surface area (Å²) < 4.78 is 5.43. The van der Waals surface area contributed by atoms with Crippen molar-refractivity contribution in [1.82, 2.24) is 0 Å². The molecule has 0 bridgehead atoms. The molecule has 0 N–H and O–H groups in total. The van der Waals surface area contributed by atoms with Gasteiger partial charge in [0.1, 0.15) is 0 Å². The van der Waals surface area contributed by atoms with E-state index in [1.807, 2.05) is 6.92 Å². The van der Waals surface area contributed by atoms with Crippen LogP contribution in [-0.2, 0) is 9.53 Å². The summed E-state index contributed by atoms with van der Waals surface area (Å²) in [5.74, 6) is -0.00541. The summed E-state index contributed by atoms with van der Waals surface area (Å²) in [6.45, 7) is 2.01. The van der Waals surface area contributed by atoms with Crippen molar-refractivity contribution < 1.29 is 9.53 Å². The van der Waals surface area contributed by atoms with E-state index < -0.39 is 0 Å². The second kappa shape index (κ2) is 12.0. The highest BCUT2D eigenvalue weighted by molar-refractivity contribution is 5.69. The number of hydrogen-bond acceptors (Lipinski definition) is 2. The van der Waals surface area contributed by atoms with E-state index in [0.717, 1.165) is 25.7 Å². The highest BCUT2D eigenvalue weighted by atomic mass is 16.5. The largest absolute Gasteiger partial charge is 0.463 e. The van der Waals surface area contributed by atoms with Crippen LogP contribution in [0, 0.1) is 0 Å². The van der Waals surface area contributed by atoms with Gasteiger partial charge >= 0.3 is 5.97 Å². The van der Waals surface area contributed by atoms with Crippen molar-refractivity contribution in [1.29, 1.82) is 0 Å². The molecule has 2 heteroatoms. The molecule has 0 spiro atoms. The minimum Gasteiger partial charge on any atom is -0.463 e. The number of cyclic esters (lactones) is 1. The normalized spacial score (nSPS) is 27.1. The lowest BCUT2D eigenvalue weighted by Gasteiger charge is -2.12. The Bertz CT molecular complexity index is 271. The third-order valence-electron chi connectivity index (χ3n) is 3.98. The molecule has 0 amide bonds. The van der Waals surface area contributed by atoms with E-state index in [1.54, 1.807) is 0 Å². The zero-order valence-electron chi connectivity index (χ0n) is 13.2. The quantitative estimate of drug-likeness (QED) is 0.429. The van der Waals surface area contributed by atoms with Gasteiger partial charge in [-0.1, -0.05) is 50.7 Å². The molecule has 1 aliphatic heterocycles. The van der Waals surface area contributed by atoms with Crippen molar-refractivity contribution in [2.75, 3.05) is 0 Å². The smallest absolute Gasteiger partial charge is 0.306 e. The van der Waals surface area contributed by atoms with Crippen LogP contribution in [0.5, 0.6) is 0 Å². The molecule has 2 nitrogen and oxygen atoms in total. The molecule has 0 aromatic heterocycles. The maximum atomic E-state index is 11.7. The van der Waals surface area contributed by atoms with Crippen LogP contribution in [0.15, 0.2) is 12.2 Å². The van der Waals surface area contributed by atoms with Gasteiger partial charge in [0.15, 0.2) is 0 Å². The van der Waals surface area contributed by atoms with E-state index >= 15 is 0 Å². The van der Waals surface area contributed by atoms with Crippen molar-refractivity contribution in [2.24, 2.45) is 0 Å². The fraction of sp³-hybridized carbons (Fsp3) is 0.833. The van der Waals surface area contributed by atoms with Gasteiger partial charge in [0.05, 0.1) is 6.10 Å². The Balaban J connectivity index is 2.26. The lowest BCUT2D eigenvalue weighted by molar-refractivity contribution is -0.148. The highest BCUT2D eigenvalue weighted by Gasteiger charge is 2.08. The Labute approximate surface area is 125 Å². The first-order valence-corrected chi connectivity index (χ1v) is 8.63. The van der Waals surface area contributed by atoms with E-state index in [-0.39, 0.29) is 12.1 Å². The fourth-order valence-corrected chi connectivity index (χ4v) is 2.69. The summed E-state index contributed by atoms with van der Waals surface area (Å²) in [5.41, 5.74) is 0. The van der Waals surface area contributed by atoms with Crippen molar-refractivity contribution in [2.45, 2.75) is 96.5 Å². The minimum atomic E-state index is -0.00541. The average molecular weight is 280 g/mol. The van der Waals surface area contributed by atoms with Crippen LogP contribution in [0.3, 0.4) is 0 Å². The SMILES string of the molecule is CC1CCC/C=C/CCCCCCCCCCC(=O)O1. The van der Waals surface area contributed by atoms with Crippen LogP contribution in [0.4, 0.5) is 0 Å². The standard InChI is InChI=1S/C18H32O2/c1-17-15-13-11-9-7-5-3-2-4-6-8-10-12-14-16-18(19)20-17/h7,9,17H,2-6,8,10-16H2,1H3/b9-7+. The van der Waals surface area contributed by atoms with Gasteiger partial charge in [-0.15, -0.1) is 0 Å². The molecule has 0 aliphatic carbocycles. The number of carbonyl (C=O) groups is 1. The summed E-state index contributed by atoms with van der Waals surface area (Å²) in [6, 6.07) is 0. The summed E-state index contributed by atoms with van der Waals surface area (Å²) in [7, 11) is 0. The summed E-state index contributed by atoms with van der Waals surface area (Å²) in [6.07, 6.45) is 19.9. The Morgan fingerprint density at radius 3 is 2.10 bits per heavy atom. The molecule has 0 aromatic rings. The van der Waals surface area contributed by atoms with Crippen LogP contribution >= 0.6 is 0 Å². The number of esters is 1. The predicted molar refractivity (Wildman–Crippen MR) is 84.7 cm³/mol. The molecule has 1 unspecified atom stereocenters. The number of ether oxygens (including phenoxy) is 1. The maximum Gasteiger partial charge on any atom is 0.306 e. The van der Waals surface area contributed by atoms with Gasteiger partial charge in [-0.3, -0.25) is 4.79 Å². The first kappa shape index (κ1) is 17.3. The summed E-state index contributed by atoms with van der Waals surface area (Å²) >= 11 is 0. The molecule has 0 saturated carbocycles. The molecule has 0 fully saturated rings. The lowest BCUT2D eigenvalue weighted by atomic mass is 10.1. The zero-order valence-corrected chi connectivity index (χ0v) is 13.2. The molecule has 0 aromatic carbocycles. The number of rotatable bonds is 0. The molecule has 0 saturated heterocycles. The topological polar surface area (TPSA) is 26.3 Å². The Morgan fingerprint density at radius 2 is 1.40 bits per heavy atom. The summed E-state index contributed by atoms with van der Waals surface area (Å²) in [5, 5.41) is 0. The van der Waals surface area contributed by atoms with Crippen molar-refractivity contribution >= 4 is 5.97 Å². The average Bonchev–Trinajstić information content (AvgIpc) is 2.42. The highest BCUT2D eigenvalue weighted by Crippen LogP contribution is 2.13. The molecule has 116 valence electrons. The van der Waals surface area contributed by atoms with Gasteiger partial charge in [0.25, 0.3) is 0 Å². The number of carbonyl (C=O) groups excluding carboxylic acids is 1. The molecule has 1 heterocycles. The van der Waals surface area contributed by atoms with Crippen molar-refractivity contribution in [3.8, 4) is 0 Å². The molecule has 0 radical (unpaired) electrons. The van der Waals surface area contributed by atoms with Gasteiger partial charge in [-0.2, -0.15) is 0 Å². The van der Waals surface area contributed by atoms with Gasteiger partial charge in [0, 0.05) is 6.42 Å². The van der Waals surface area contributed by atoms with E-state index in [2.05, 4.69) is 12.2 Å². The monoisotopic (exact) mass is 280 g/mol. The first-order chi connectivity index (χ1) is 9.79. The van der Waals surface area contributed by atoms with Crippen LogP contribution in [0.25, 0.3) is 0 Å². The molecule has 1 atom stereocenters. The van der Waals surface area contributed by atoms with Crippen LogP contribution < -0.4 is 0 Å². The second-order valence-corrected chi connectivity index (χ2v) is 6.07. The van der Waals surface area contributed by atoms with Crippen LogP contribution in [-0.4, -0.2) is 12.1 Å². The van der Waals surface area contributed by atoms with E-state index in [9.17, 15) is 4.79 Å².